The molecule has 1 aliphatic rings. The summed E-state index contributed by atoms with van der Waals surface area (Å²) in [5, 5.41) is 1.20. The molecule has 1 aromatic rings. The first-order chi connectivity index (χ1) is 4.86. The Hall–Kier alpha value is -0.630. The van der Waals surface area contributed by atoms with Gasteiger partial charge in [-0.05, 0) is 6.92 Å². The Kier molecular flexibility index (Phi) is 1.34. The second-order valence-electron chi connectivity index (χ2n) is 2.48. The maximum absolute atomic E-state index is 4.42. The van der Waals surface area contributed by atoms with E-state index in [1.807, 2.05) is 11.3 Å². The van der Waals surface area contributed by atoms with E-state index in [2.05, 4.69) is 24.1 Å². The lowest BCUT2D eigenvalue weighted by molar-refractivity contribution is 1.04. The van der Waals surface area contributed by atoms with Crippen LogP contribution in [0.2, 0.25) is 0 Å². The highest BCUT2D eigenvalue weighted by atomic mass is 32.1. The van der Waals surface area contributed by atoms with E-state index < -0.39 is 0 Å². The number of rotatable bonds is 0. The molecule has 0 aromatic carbocycles. The predicted octanol–water partition coefficient (Wildman–Crippen LogP) is 2.11. The normalized spacial score (nSPS) is 15.3. The minimum Gasteiger partial charge on any atom is -0.246 e. The molecule has 52 valence electrons. The van der Waals surface area contributed by atoms with Gasteiger partial charge in [-0.2, -0.15) is 0 Å². The average Bonchev–Trinajstić information content (AvgIpc) is 2.27. The molecule has 0 bridgehead atoms. The summed E-state index contributed by atoms with van der Waals surface area (Å²) in [4.78, 5) is 5.88. The molecule has 2 rings (SSSR count). The van der Waals surface area contributed by atoms with Gasteiger partial charge in [0, 0.05) is 17.7 Å². The van der Waals surface area contributed by atoms with E-state index in [1.165, 1.54) is 15.6 Å². The third-order valence-electron chi connectivity index (χ3n) is 1.67. The molecule has 0 amide bonds. The molecule has 1 aromatic heterocycles. The van der Waals surface area contributed by atoms with Gasteiger partial charge < -0.3 is 0 Å². The third-order valence-corrected chi connectivity index (χ3v) is 2.70. The molecule has 0 N–H and O–H groups in total. The molecule has 0 saturated heterocycles. The summed E-state index contributed by atoms with van der Waals surface area (Å²) in [6.07, 6.45) is 6.56. The van der Waals surface area contributed by atoms with Gasteiger partial charge in [-0.15, -0.1) is 11.3 Å². The van der Waals surface area contributed by atoms with Crippen LogP contribution in [0.25, 0.3) is 0 Å². The molecule has 10 heavy (non-hydrogen) atoms. The van der Waals surface area contributed by atoms with Crippen LogP contribution in [0.3, 0.4) is 0 Å². The van der Waals surface area contributed by atoms with Crippen molar-refractivity contribution in [2.24, 2.45) is 0 Å². The Labute approximate surface area is 64.4 Å². The Morgan fingerprint density at radius 3 is 3.00 bits per heavy atom. The second-order valence-corrected chi connectivity index (χ2v) is 3.77. The molecule has 1 aliphatic carbocycles. The highest BCUT2D eigenvalue weighted by Crippen LogP contribution is 2.22. The third kappa shape index (κ3) is 0.886. The number of hydrogen-bond donors (Lipinski definition) is 0. The summed E-state index contributed by atoms with van der Waals surface area (Å²) in [6, 6.07) is 0. The van der Waals surface area contributed by atoms with E-state index in [-0.39, 0.29) is 0 Å². The zero-order valence-electron chi connectivity index (χ0n) is 5.92. The van der Waals surface area contributed by atoms with Crippen molar-refractivity contribution in [2.75, 3.05) is 0 Å². The molecule has 0 atom stereocenters. The van der Waals surface area contributed by atoms with Crippen LogP contribution in [0.15, 0.2) is 12.2 Å². The number of aryl methyl sites for hydroxylation is 1. The lowest BCUT2D eigenvalue weighted by Crippen LogP contribution is -1.92. The standard InChI is InChI=1S/C8H9NS/c1-6-9-7-4-2-3-5-8(7)10-6/h2-3H,4-5H2,1H3. The Balaban J connectivity index is 2.46. The molecule has 0 aliphatic heterocycles. The summed E-state index contributed by atoms with van der Waals surface area (Å²) < 4.78 is 0. The minimum atomic E-state index is 1.04. The lowest BCUT2D eigenvalue weighted by atomic mass is 10.1. The fraction of sp³-hybridized carbons (Fsp3) is 0.375. The predicted molar refractivity (Wildman–Crippen MR) is 43.4 cm³/mol. The first kappa shape index (κ1) is 6.10. The Morgan fingerprint density at radius 1 is 1.40 bits per heavy atom. The molecule has 1 nitrogen and oxygen atoms in total. The van der Waals surface area contributed by atoms with Crippen molar-refractivity contribution in [3.63, 3.8) is 0 Å². The van der Waals surface area contributed by atoms with Gasteiger partial charge in [0.1, 0.15) is 0 Å². The lowest BCUT2D eigenvalue weighted by Gasteiger charge is -1.99. The molecule has 2 heteroatoms. The number of aromatic nitrogens is 1. The van der Waals surface area contributed by atoms with E-state index >= 15 is 0 Å². The Bertz CT molecular complexity index is 247. The van der Waals surface area contributed by atoms with Gasteiger partial charge in [-0.1, -0.05) is 12.2 Å². The first-order valence-electron chi connectivity index (χ1n) is 3.46. The van der Waals surface area contributed by atoms with Gasteiger partial charge >= 0.3 is 0 Å². The molecule has 0 unspecified atom stereocenters. The van der Waals surface area contributed by atoms with Crippen molar-refractivity contribution >= 4 is 11.3 Å². The van der Waals surface area contributed by atoms with Gasteiger partial charge in [0.2, 0.25) is 0 Å². The van der Waals surface area contributed by atoms with E-state index in [0.29, 0.717) is 0 Å². The summed E-state index contributed by atoms with van der Waals surface area (Å²) in [7, 11) is 0. The second kappa shape index (κ2) is 2.20. The van der Waals surface area contributed by atoms with Crippen molar-refractivity contribution in [1.29, 1.82) is 0 Å². The molecule has 1 heterocycles. The van der Waals surface area contributed by atoms with Gasteiger partial charge in [-0.25, -0.2) is 4.98 Å². The van der Waals surface area contributed by atoms with E-state index in [0.717, 1.165) is 12.8 Å². The van der Waals surface area contributed by atoms with Crippen LogP contribution in [0.5, 0.6) is 0 Å². The van der Waals surface area contributed by atoms with Gasteiger partial charge in [0.05, 0.1) is 10.7 Å². The fourth-order valence-electron chi connectivity index (χ4n) is 1.22. The van der Waals surface area contributed by atoms with Crippen molar-refractivity contribution in [3.05, 3.63) is 27.7 Å². The monoisotopic (exact) mass is 151 g/mol. The summed E-state index contributed by atoms with van der Waals surface area (Å²) >= 11 is 1.83. The SMILES string of the molecule is Cc1nc2c(s1)CC=CC2. The van der Waals surface area contributed by atoms with Gasteiger partial charge in [-0.3, -0.25) is 0 Å². The maximum atomic E-state index is 4.42. The van der Waals surface area contributed by atoms with Crippen LogP contribution in [-0.2, 0) is 12.8 Å². The first-order valence-corrected chi connectivity index (χ1v) is 4.28. The van der Waals surface area contributed by atoms with Gasteiger partial charge in [0.25, 0.3) is 0 Å². The van der Waals surface area contributed by atoms with Crippen LogP contribution in [-0.4, -0.2) is 4.98 Å². The summed E-state index contributed by atoms with van der Waals surface area (Å²) in [5.74, 6) is 0. The minimum absolute atomic E-state index is 1.04. The van der Waals surface area contributed by atoms with E-state index in [1.54, 1.807) is 0 Å². The molecule has 0 radical (unpaired) electrons. The number of fused-ring (bicyclic) bond motifs is 1. The number of thiazole rings is 1. The van der Waals surface area contributed by atoms with E-state index in [4.69, 9.17) is 0 Å². The fourth-order valence-corrected chi connectivity index (χ4v) is 2.16. The van der Waals surface area contributed by atoms with Crippen LogP contribution in [0.4, 0.5) is 0 Å². The number of allylic oxidation sites excluding steroid dienone is 2. The molecule has 0 spiro atoms. The molecular weight excluding hydrogens is 142 g/mol. The Morgan fingerprint density at radius 2 is 2.20 bits per heavy atom. The van der Waals surface area contributed by atoms with Crippen molar-refractivity contribution in [2.45, 2.75) is 19.8 Å². The van der Waals surface area contributed by atoms with E-state index in [9.17, 15) is 0 Å². The molecule has 0 fully saturated rings. The van der Waals surface area contributed by atoms with Crippen molar-refractivity contribution < 1.29 is 0 Å². The van der Waals surface area contributed by atoms with Crippen LogP contribution in [0, 0.1) is 6.92 Å². The number of nitrogens with zero attached hydrogens (tertiary/aromatic N) is 1. The topological polar surface area (TPSA) is 12.9 Å². The van der Waals surface area contributed by atoms with Gasteiger partial charge in [0.15, 0.2) is 0 Å². The van der Waals surface area contributed by atoms with Crippen LogP contribution in [0.1, 0.15) is 15.6 Å². The summed E-state index contributed by atoms with van der Waals surface area (Å²) in [6.45, 7) is 2.07. The molecule has 0 saturated carbocycles. The zero-order valence-corrected chi connectivity index (χ0v) is 6.74. The smallest absolute Gasteiger partial charge is 0.0900 e. The maximum Gasteiger partial charge on any atom is 0.0900 e. The van der Waals surface area contributed by atoms with Crippen molar-refractivity contribution in [1.82, 2.24) is 4.98 Å². The van der Waals surface area contributed by atoms with Crippen LogP contribution < -0.4 is 0 Å². The quantitative estimate of drug-likeness (QED) is 0.517. The molecular formula is C8H9NS. The average molecular weight is 151 g/mol. The largest absolute Gasteiger partial charge is 0.246 e. The summed E-state index contributed by atoms with van der Waals surface area (Å²) in [5.41, 5.74) is 1.30. The number of hydrogen-bond acceptors (Lipinski definition) is 2. The van der Waals surface area contributed by atoms with Crippen molar-refractivity contribution in [3.8, 4) is 0 Å². The van der Waals surface area contributed by atoms with Crippen LogP contribution >= 0.6 is 11.3 Å². The highest BCUT2D eigenvalue weighted by Gasteiger charge is 2.08. The highest BCUT2D eigenvalue weighted by molar-refractivity contribution is 7.11. The zero-order chi connectivity index (χ0) is 6.97.